The first-order chi connectivity index (χ1) is 13.3. The van der Waals surface area contributed by atoms with Gasteiger partial charge in [-0.3, -0.25) is 10.1 Å². The third-order valence-corrected chi connectivity index (χ3v) is 5.01. The molecular weight excluding hydrogens is 407 g/mol. The highest BCUT2D eigenvalue weighted by atomic mass is 35.5. The van der Waals surface area contributed by atoms with Crippen LogP contribution in [-0.2, 0) is 9.63 Å². The van der Waals surface area contributed by atoms with Crippen molar-refractivity contribution in [1.29, 1.82) is 0 Å². The molecule has 0 radical (unpaired) electrons. The van der Waals surface area contributed by atoms with Gasteiger partial charge in [0.25, 0.3) is 5.91 Å². The van der Waals surface area contributed by atoms with Gasteiger partial charge >= 0.3 is 6.09 Å². The summed E-state index contributed by atoms with van der Waals surface area (Å²) in [6, 6.07) is 8.35. The zero-order chi connectivity index (χ0) is 20.0. The Kier molecular flexibility index (Phi) is 4.54. The van der Waals surface area contributed by atoms with Gasteiger partial charge in [0.2, 0.25) is 0 Å². The fourth-order valence-corrected chi connectivity index (χ4v) is 3.71. The molecular formula is C18H14Cl2N4O4. The van der Waals surface area contributed by atoms with Crippen molar-refractivity contribution in [3.63, 3.8) is 0 Å². The van der Waals surface area contributed by atoms with Gasteiger partial charge in [0.05, 0.1) is 21.2 Å². The van der Waals surface area contributed by atoms with E-state index in [9.17, 15) is 14.7 Å². The van der Waals surface area contributed by atoms with E-state index in [1.54, 1.807) is 30.5 Å². The number of aromatic hydroxyl groups is 1. The van der Waals surface area contributed by atoms with E-state index in [0.29, 0.717) is 21.4 Å². The molecule has 8 nitrogen and oxygen atoms in total. The standard InChI is InChI=1S/C18H14Cl2N4O4/c1-8-10-4-5-24(13(10)2-3-14(8)25)15-11(19)6-9(7-12(15)20)21-17(26)16-22-18(27)28-23-16/h2-7,16,23,25H,1H3,(H,21,26)(H,22,27). The Bertz CT molecular complexity index is 1110. The Balaban J connectivity index is 1.68. The van der Waals surface area contributed by atoms with Crippen LogP contribution in [0.15, 0.2) is 36.5 Å². The molecule has 144 valence electrons. The molecule has 1 aliphatic heterocycles. The Labute approximate surface area is 168 Å². The van der Waals surface area contributed by atoms with Crippen LogP contribution >= 0.6 is 23.2 Å². The average Bonchev–Trinajstić information content (AvgIpc) is 3.25. The molecule has 0 spiro atoms. The number of carbonyl (C=O) groups excluding carboxylic acids is 2. The van der Waals surface area contributed by atoms with E-state index in [1.807, 2.05) is 17.6 Å². The van der Waals surface area contributed by atoms with Crippen LogP contribution < -0.4 is 16.1 Å². The number of aromatic nitrogens is 1. The van der Waals surface area contributed by atoms with Crippen molar-refractivity contribution in [1.82, 2.24) is 15.4 Å². The van der Waals surface area contributed by atoms with Gasteiger partial charge < -0.3 is 19.8 Å². The Morgan fingerprint density at radius 3 is 2.61 bits per heavy atom. The van der Waals surface area contributed by atoms with Gasteiger partial charge in [-0.1, -0.05) is 23.2 Å². The molecule has 3 aromatic rings. The highest BCUT2D eigenvalue weighted by Crippen LogP contribution is 2.36. The highest BCUT2D eigenvalue weighted by molar-refractivity contribution is 6.38. The molecule has 4 N–H and O–H groups in total. The molecule has 10 heteroatoms. The number of benzene rings is 2. The van der Waals surface area contributed by atoms with Gasteiger partial charge in [-0.15, -0.1) is 5.48 Å². The summed E-state index contributed by atoms with van der Waals surface area (Å²) in [7, 11) is 0. The van der Waals surface area contributed by atoms with Crippen molar-refractivity contribution in [2.45, 2.75) is 13.1 Å². The van der Waals surface area contributed by atoms with Crippen molar-refractivity contribution >= 4 is 51.8 Å². The number of phenolic OH excluding ortho intramolecular Hbond substituents is 1. The first kappa shape index (κ1) is 18.4. The zero-order valence-electron chi connectivity index (χ0n) is 14.4. The summed E-state index contributed by atoms with van der Waals surface area (Å²) < 4.78 is 1.81. The van der Waals surface area contributed by atoms with E-state index in [2.05, 4.69) is 21.0 Å². The van der Waals surface area contributed by atoms with Crippen LogP contribution in [0.4, 0.5) is 10.5 Å². The van der Waals surface area contributed by atoms with Gasteiger partial charge in [-0.05, 0) is 37.3 Å². The monoisotopic (exact) mass is 420 g/mol. The van der Waals surface area contributed by atoms with Gasteiger partial charge in [0, 0.05) is 22.8 Å². The number of halogens is 2. The number of anilines is 1. The molecule has 0 bridgehead atoms. The normalized spacial score (nSPS) is 16.1. The zero-order valence-corrected chi connectivity index (χ0v) is 15.9. The molecule has 1 aromatic heterocycles. The van der Waals surface area contributed by atoms with Crippen LogP contribution in [0.5, 0.6) is 5.75 Å². The largest absolute Gasteiger partial charge is 0.508 e. The quantitative estimate of drug-likeness (QED) is 0.519. The van der Waals surface area contributed by atoms with Gasteiger partial charge in [-0.25, -0.2) is 4.79 Å². The van der Waals surface area contributed by atoms with Crippen LogP contribution in [0.1, 0.15) is 5.56 Å². The topological polar surface area (TPSA) is 105 Å². The van der Waals surface area contributed by atoms with E-state index >= 15 is 0 Å². The summed E-state index contributed by atoms with van der Waals surface area (Å²) in [5.74, 6) is -0.333. The molecule has 1 atom stereocenters. The molecule has 1 aliphatic rings. The molecule has 28 heavy (non-hydrogen) atoms. The Hall–Kier alpha value is -2.94. The fraction of sp³-hybridized carbons (Fsp3) is 0.111. The molecule has 2 amide bonds. The maximum atomic E-state index is 12.2. The van der Waals surface area contributed by atoms with E-state index in [0.717, 1.165) is 16.5 Å². The van der Waals surface area contributed by atoms with E-state index in [1.165, 1.54) is 0 Å². The van der Waals surface area contributed by atoms with E-state index < -0.39 is 18.2 Å². The number of rotatable bonds is 3. The minimum atomic E-state index is -1.02. The van der Waals surface area contributed by atoms with Gasteiger partial charge in [0.1, 0.15) is 5.75 Å². The molecule has 2 aromatic carbocycles. The van der Waals surface area contributed by atoms with Crippen LogP contribution in [0.3, 0.4) is 0 Å². The summed E-state index contributed by atoms with van der Waals surface area (Å²) >= 11 is 12.9. The lowest BCUT2D eigenvalue weighted by atomic mass is 10.1. The summed E-state index contributed by atoms with van der Waals surface area (Å²) in [5.41, 5.74) is 4.73. The van der Waals surface area contributed by atoms with Crippen molar-refractivity contribution < 1.29 is 19.5 Å². The van der Waals surface area contributed by atoms with Crippen LogP contribution in [0.25, 0.3) is 16.6 Å². The van der Waals surface area contributed by atoms with Crippen molar-refractivity contribution in [2.75, 3.05) is 5.32 Å². The number of phenols is 1. The number of hydrogen-bond acceptors (Lipinski definition) is 5. The number of nitrogens with one attached hydrogen (secondary N) is 3. The second-order valence-corrected chi connectivity index (χ2v) is 7.01. The number of carbonyl (C=O) groups is 2. The molecule has 0 saturated carbocycles. The molecule has 0 aliphatic carbocycles. The lowest BCUT2D eigenvalue weighted by Gasteiger charge is -2.14. The predicted molar refractivity (Wildman–Crippen MR) is 105 cm³/mol. The third-order valence-electron chi connectivity index (χ3n) is 4.43. The number of hydroxylamine groups is 1. The summed E-state index contributed by atoms with van der Waals surface area (Å²) in [6.45, 7) is 1.82. The van der Waals surface area contributed by atoms with Gasteiger partial charge in [0.15, 0.2) is 6.17 Å². The minimum Gasteiger partial charge on any atom is -0.508 e. The lowest BCUT2D eigenvalue weighted by molar-refractivity contribution is -0.119. The maximum absolute atomic E-state index is 12.2. The number of nitrogens with zero attached hydrogens (tertiary/aromatic N) is 1. The summed E-state index contributed by atoms with van der Waals surface area (Å²) in [4.78, 5) is 27.6. The number of fused-ring (bicyclic) bond motifs is 1. The molecule has 2 heterocycles. The molecule has 1 saturated heterocycles. The molecule has 4 rings (SSSR count). The van der Waals surface area contributed by atoms with Crippen LogP contribution in [-0.4, -0.2) is 27.8 Å². The number of amides is 2. The Morgan fingerprint density at radius 2 is 1.96 bits per heavy atom. The van der Waals surface area contributed by atoms with Crippen molar-refractivity contribution in [3.8, 4) is 11.4 Å². The lowest BCUT2D eigenvalue weighted by Crippen LogP contribution is -2.43. The van der Waals surface area contributed by atoms with Crippen molar-refractivity contribution in [3.05, 3.63) is 52.1 Å². The predicted octanol–water partition coefficient (Wildman–Crippen LogP) is 3.46. The van der Waals surface area contributed by atoms with Crippen molar-refractivity contribution in [2.24, 2.45) is 0 Å². The van der Waals surface area contributed by atoms with Gasteiger partial charge in [-0.2, -0.15) is 0 Å². The highest BCUT2D eigenvalue weighted by Gasteiger charge is 2.29. The minimum absolute atomic E-state index is 0.206. The second-order valence-electron chi connectivity index (χ2n) is 6.19. The number of aryl methyl sites for hydroxylation is 1. The first-order valence-electron chi connectivity index (χ1n) is 8.18. The Morgan fingerprint density at radius 1 is 1.25 bits per heavy atom. The van der Waals surface area contributed by atoms with Crippen LogP contribution in [0.2, 0.25) is 10.0 Å². The van der Waals surface area contributed by atoms with E-state index in [4.69, 9.17) is 23.2 Å². The fourth-order valence-electron chi connectivity index (χ4n) is 3.04. The second kappa shape index (κ2) is 6.90. The maximum Gasteiger partial charge on any atom is 0.427 e. The van der Waals surface area contributed by atoms with E-state index in [-0.39, 0.29) is 5.75 Å². The SMILES string of the molecule is Cc1c(O)ccc2c1ccn2-c1c(Cl)cc(NC(=O)C2NOC(=O)N2)cc1Cl. The number of hydrogen-bond donors (Lipinski definition) is 4. The summed E-state index contributed by atoms with van der Waals surface area (Å²) in [5, 5.41) is 16.3. The average molecular weight is 421 g/mol. The summed E-state index contributed by atoms with van der Waals surface area (Å²) in [6.07, 6.45) is 0.0405. The van der Waals surface area contributed by atoms with Crippen LogP contribution in [0, 0.1) is 6.92 Å². The molecule has 1 fully saturated rings. The molecule has 1 unspecified atom stereocenters. The third kappa shape index (κ3) is 3.11. The smallest absolute Gasteiger partial charge is 0.427 e. The first-order valence-corrected chi connectivity index (χ1v) is 8.93.